The Morgan fingerprint density at radius 1 is 1.31 bits per heavy atom. The first-order chi connectivity index (χ1) is 7.70. The Labute approximate surface area is 98.6 Å². The quantitative estimate of drug-likeness (QED) is 0.770. The van der Waals surface area contributed by atoms with E-state index in [1.807, 2.05) is 6.92 Å². The summed E-state index contributed by atoms with van der Waals surface area (Å²) in [6, 6.07) is 0. The molecule has 2 aliphatic rings. The Balaban J connectivity index is 1.70. The van der Waals surface area contributed by atoms with Crippen molar-refractivity contribution < 1.29 is 9.84 Å². The van der Waals surface area contributed by atoms with E-state index in [0.717, 1.165) is 6.54 Å². The molecule has 1 aliphatic carbocycles. The molecule has 0 amide bonds. The molecule has 16 heavy (non-hydrogen) atoms. The minimum atomic E-state index is -0.259. The monoisotopic (exact) mass is 227 g/mol. The molecule has 0 aromatic rings. The molecule has 1 aliphatic heterocycles. The molecule has 0 aromatic heterocycles. The van der Waals surface area contributed by atoms with Gasteiger partial charge in [-0.2, -0.15) is 0 Å². The fourth-order valence-electron chi connectivity index (χ4n) is 3.06. The lowest BCUT2D eigenvalue weighted by molar-refractivity contribution is -0.0626. The van der Waals surface area contributed by atoms with Gasteiger partial charge in [0.25, 0.3) is 0 Å². The molecule has 1 heterocycles. The summed E-state index contributed by atoms with van der Waals surface area (Å²) in [5.74, 6) is 0. The Kier molecular flexibility index (Phi) is 4.22. The number of aliphatic hydroxyl groups excluding tert-OH is 1. The van der Waals surface area contributed by atoms with Crippen molar-refractivity contribution in [2.75, 3.05) is 13.1 Å². The number of hydrogen-bond acceptors (Lipinski definition) is 3. The molecular formula is C13H25NO2. The van der Waals surface area contributed by atoms with E-state index in [-0.39, 0.29) is 11.7 Å². The molecule has 0 bridgehead atoms. The molecule has 2 N–H and O–H groups in total. The van der Waals surface area contributed by atoms with Crippen LogP contribution in [0.25, 0.3) is 0 Å². The molecule has 3 nitrogen and oxygen atoms in total. The highest BCUT2D eigenvalue weighted by Gasteiger charge is 2.40. The van der Waals surface area contributed by atoms with Crippen molar-refractivity contribution in [3.05, 3.63) is 0 Å². The van der Waals surface area contributed by atoms with Crippen LogP contribution in [-0.4, -0.2) is 36.0 Å². The largest absolute Gasteiger partial charge is 0.392 e. The van der Waals surface area contributed by atoms with Crippen molar-refractivity contribution in [3.8, 4) is 0 Å². The number of rotatable bonds is 4. The fraction of sp³-hybridized carbons (Fsp3) is 1.00. The highest BCUT2D eigenvalue weighted by atomic mass is 16.5. The normalized spacial score (nSPS) is 30.8. The van der Waals surface area contributed by atoms with Gasteiger partial charge in [0, 0.05) is 13.1 Å². The fourth-order valence-corrected chi connectivity index (χ4v) is 3.06. The highest BCUT2D eigenvalue weighted by Crippen LogP contribution is 2.41. The summed E-state index contributed by atoms with van der Waals surface area (Å²) in [7, 11) is 0. The van der Waals surface area contributed by atoms with Gasteiger partial charge in [-0.25, -0.2) is 0 Å². The van der Waals surface area contributed by atoms with Crippen LogP contribution < -0.4 is 5.32 Å². The zero-order valence-corrected chi connectivity index (χ0v) is 10.4. The second-order valence-corrected chi connectivity index (χ2v) is 5.53. The molecule has 94 valence electrons. The maximum atomic E-state index is 9.17. The van der Waals surface area contributed by atoms with Gasteiger partial charge < -0.3 is 15.2 Å². The first-order valence-electron chi connectivity index (χ1n) is 6.77. The van der Waals surface area contributed by atoms with Crippen molar-refractivity contribution in [1.29, 1.82) is 0 Å². The number of ether oxygens (including phenoxy) is 1. The van der Waals surface area contributed by atoms with Crippen molar-refractivity contribution in [2.24, 2.45) is 0 Å². The summed E-state index contributed by atoms with van der Waals surface area (Å²) in [6.07, 6.45) is 9.14. The smallest absolute Gasteiger partial charge is 0.0708 e. The van der Waals surface area contributed by atoms with Gasteiger partial charge in [-0.15, -0.1) is 0 Å². The average Bonchev–Trinajstić information content (AvgIpc) is 2.62. The van der Waals surface area contributed by atoms with Crippen LogP contribution in [0.5, 0.6) is 0 Å². The van der Waals surface area contributed by atoms with E-state index in [0.29, 0.717) is 12.6 Å². The van der Waals surface area contributed by atoms with E-state index in [4.69, 9.17) is 9.84 Å². The zero-order chi connectivity index (χ0) is 11.4. The molecule has 2 fully saturated rings. The third-order valence-electron chi connectivity index (χ3n) is 3.92. The third kappa shape index (κ3) is 3.19. The van der Waals surface area contributed by atoms with Gasteiger partial charge in [-0.1, -0.05) is 19.3 Å². The molecule has 1 saturated carbocycles. The minimum absolute atomic E-state index is 0.232. The minimum Gasteiger partial charge on any atom is -0.392 e. The predicted octanol–water partition coefficient (Wildman–Crippen LogP) is 1.84. The van der Waals surface area contributed by atoms with E-state index in [1.165, 1.54) is 44.9 Å². The summed E-state index contributed by atoms with van der Waals surface area (Å²) in [5, 5.41) is 12.4. The average molecular weight is 227 g/mol. The topological polar surface area (TPSA) is 41.5 Å². The van der Waals surface area contributed by atoms with Gasteiger partial charge in [0.15, 0.2) is 0 Å². The Morgan fingerprint density at radius 3 is 2.75 bits per heavy atom. The van der Waals surface area contributed by atoms with Gasteiger partial charge in [-0.3, -0.25) is 0 Å². The lowest BCUT2D eigenvalue weighted by atomic mass is 9.83. The lowest BCUT2D eigenvalue weighted by Gasteiger charge is -2.33. The second-order valence-electron chi connectivity index (χ2n) is 5.53. The van der Waals surface area contributed by atoms with E-state index in [1.54, 1.807) is 0 Å². The standard InChI is InChI=1S/C13H25NO2/c1-11(15)9-14-10-12-5-8-13(16-12)6-3-2-4-7-13/h11-12,14-15H,2-10H2,1H3. The molecule has 0 aromatic carbocycles. The summed E-state index contributed by atoms with van der Waals surface area (Å²) >= 11 is 0. The van der Waals surface area contributed by atoms with Gasteiger partial charge in [0.1, 0.15) is 0 Å². The molecular weight excluding hydrogens is 202 g/mol. The third-order valence-corrected chi connectivity index (χ3v) is 3.92. The molecule has 1 saturated heterocycles. The molecule has 3 heteroatoms. The number of aliphatic hydroxyl groups is 1. The molecule has 2 atom stereocenters. The Bertz CT molecular complexity index is 212. The summed E-state index contributed by atoms with van der Waals surface area (Å²) in [6.45, 7) is 3.38. The first-order valence-corrected chi connectivity index (χ1v) is 6.77. The van der Waals surface area contributed by atoms with Crippen molar-refractivity contribution in [1.82, 2.24) is 5.32 Å². The van der Waals surface area contributed by atoms with Crippen LogP contribution in [0.15, 0.2) is 0 Å². The van der Waals surface area contributed by atoms with E-state index < -0.39 is 0 Å². The van der Waals surface area contributed by atoms with Crippen LogP contribution in [0.4, 0.5) is 0 Å². The van der Waals surface area contributed by atoms with Gasteiger partial charge >= 0.3 is 0 Å². The Hall–Kier alpha value is -0.120. The number of nitrogens with one attached hydrogen (secondary N) is 1. The van der Waals surface area contributed by atoms with Crippen molar-refractivity contribution in [2.45, 2.75) is 69.7 Å². The van der Waals surface area contributed by atoms with E-state index in [2.05, 4.69) is 5.32 Å². The van der Waals surface area contributed by atoms with Crippen molar-refractivity contribution in [3.63, 3.8) is 0 Å². The van der Waals surface area contributed by atoms with Gasteiger partial charge in [0.05, 0.1) is 17.8 Å². The van der Waals surface area contributed by atoms with Crippen LogP contribution >= 0.6 is 0 Å². The summed E-state index contributed by atoms with van der Waals surface area (Å²) in [5.41, 5.74) is 0.232. The van der Waals surface area contributed by atoms with Crippen LogP contribution in [0.2, 0.25) is 0 Å². The van der Waals surface area contributed by atoms with Crippen LogP contribution in [-0.2, 0) is 4.74 Å². The molecule has 0 radical (unpaired) electrons. The second kappa shape index (κ2) is 5.48. The zero-order valence-electron chi connectivity index (χ0n) is 10.4. The van der Waals surface area contributed by atoms with Gasteiger partial charge in [-0.05, 0) is 32.6 Å². The van der Waals surface area contributed by atoms with Crippen LogP contribution in [0.3, 0.4) is 0 Å². The van der Waals surface area contributed by atoms with Crippen LogP contribution in [0, 0.1) is 0 Å². The molecule has 1 spiro atoms. The summed E-state index contributed by atoms with van der Waals surface area (Å²) < 4.78 is 6.23. The van der Waals surface area contributed by atoms with E-state index in [9.17, 15) is 0 Å². The lowest BCUT2D eigenvalue weighted by Crippen LogP contribution is -2.36. The van der Waals surface area contributed by atoms with E-state index >= 15 is 0 Å². The number of hydrogen-bond donors (Lipinski definition) is 2. The molecule has 2 rings (SSSR count). The maximum absolute atomic E-state index is 9.17. The predicted molar refractivity (Wildman–Crippen MR) is 64.5 cm³/mol. The summed E-state index contributed by atoms with van der Waals surface area (Å²) in [4.78, 5) is 0. The first kappa shape index (κ1) is 12.3. The SMILES string of the molecule is CC(O)CNCC1CCC2(CCCCC2)O1. The van der Waals surface area contributed by atoms with Crippen LogP contribution in [0.1, 0.15) is 51.9 Å². The Morgan fingerprint density at radius 2 is 2.06 bits per heavy atom. The maximum Gasteiger partial charge on any atom is 0.0708 e. The molecule has 2 unspecified atom stereocenters. The van der Waals surface area contributed by atoms with Gasteiger partial charge in [0.2, 0.25) is 0 Å². The highest BCUT2D eigenvalue weighted by molar-refractivity contribution is 4.91. The van der Waals surface area contributed by atoms with Crippen molar-refractivity contribution >= 4 is 0 Å².